The maximum absolute atomic E-state index is 11.7. The van der Waals surface area contributed by atoms with Crippen LogP contribution in [-0.4, -0.2) is 25.3 Å². The Morgan fingerprint density at radius 2 is 1.64 bits per heavy atom. The van der Waals surface area contributed by atoms with Gasteiger partial charge in [0.25, 0.3) is 5.91 Å². The van der Waals surface area contributed by atoms with E-state index in [0.717, 1.165) is 24.2 Å². The van der Waals surface area contributed by atoms with E-state index in [-0.39, 0.29) is 12.5 Å². The van der Waals surface area contributed by atoms with Gasteiger partial charge in [0.1, 0.15) is 11.5 Å². The molecule has 0 radical (unpaired) electrons. The van der Waals surface area contributed by atoms with Crippen LogP contribution in [-0.2, 0) is 11.2 Å². The van der Waals surface area contributed by atoms with E-state index in [1.165, 1.54) is 5.56 Å². The minimum absolute atomic E-state index is 0.0757. The van der Waals surface area contributed by atoms with E-state index in [0.29, 0.717) is 12.4 Å². The standard InChI is InChI=1S/C20H24N2O3/c1-3-5-16-6-10-19(11-7-16)25-15-20(23)22-21-14-17-8-12-18(13-9-17)24-4-2/h6-14H,3-5,15H2,1-2H3,(H,22,23)/b21-14-. The van der Waals surface area contributed by atoms with Gasteiger partial charge >= 0.3 is 0 Å². The molecule has 0 spiro atoms. The van der Waals surface area contributed by atoms with Crippen LogP contribution in [0.25, 0.3) is 0 Å². The van der Waals surface area contributed by atoms with Crippen molar-refractivity contribution in [1.29, 1.82) is 0 Å². The number of aryl methyl sites for hydroxylation is 1. The number of benzene rings is 2. The van der Waals surface area contributed by atoms with Gasteiger partial charge in [-0.05, 0) is 60.9 Å². The average molecular weight is 340 g/mol. The lowest BCUT2D eigenvalue weighted by atomic mass is 10.1. The fourth-order valence-electron chi connectivity index (χ4n) is 2.22. The molecule has 0 aromatic heterocycles. The van der Waals surface area contributed by atoms with Crippen LogP contribution in [0, 0.1) is 0 Å². The first-order valence-corrected chi connectivity index (χ1v) is 8.47. The van der Waals surface area contributed by atoms with Gasteiger partial charge in [-0.15, -0.1) is 0 Å². The summed E-state index contributed by atoms with van der Waals surface area (Å²) < 4.78 is 10.8. The first kappa shape index (κ1) is 18.5. The predicted octanol–water partition coefficient (Wildman–Crippen LogP) is 3.57. The maximum atomic E-state index is 11.7. The average Bonchev–Trinajstić information content (AvgIpc) is 2.63. The molecule has 0 heterocycles. The lowest BCUT2D eigenvalue weighted by Crippen LogP contribution is -2.24. The van der Waals surface area contributed by atoms with Crippen molar-refractivity contribution in [2.45, 2.75) is 26.7 Å². The van der Waals surface area contributed by atoms with Crippen molar-refractivity contribution < 1.29 is 14.3 Å². The van der Waals surface area contributed by atoms with E-state index in [2.05, 4.69) is 17.5 Å². The van der Waals surface area contributed by atoms with Crippen LogP contribution in [0.1, 0.15) is 31.4 Å². The molecule has 0 saturated heterocycles. The summed E-state index contributed by atoms with van der Waals surface area (Å²) in [5.74, 6) is 1.17. The van der Waals surface area contributed by atoms with Gasteiger partial charge in [-0.3, -0.25) is 4.79 Å². The van der Waals surface area contributed by atoms with Crippen LogP contribution in [0.4, 0.5) is 0 Å². The highest BCUT2D eigenvalue weighted by Crippen LogP contribution is 2.13. The van der Waals surface area contributed by atoms with Crippen molar-refractivity contribution >= 4 is 12.1 Å². The summed E-state index contributed by atoms with van der Waals surface area (Å²) in [7, 11) is 0. The lowest BCUT2D eigenvalue weighted by molar-refractivity contribution is -0.123. The summed E-state index contributed by atoms with van der Waals surface area (Å²) in [6, 6.07) is 15.2. The molecule has 0 aliphatic carbocycles. The van der Waals surface area contributed by atoms with Crippen molar-refractivity contribution in [1.82, 2.24) is 5.43 Å². The molecule has 0 saturated carbocycles. The fourth-order valence-corrected chi connectivity index (χ4v) is 2.22. The van der Waals surface area contributed by atoms with E-state index >= 15 is 0 Å². The maximum Gasteiger partial charge on any atom is 0.277 e. The van der Waals surface area contributed by atoms with E-state index in [4.69, 9.17) is 9.47 Å². The first-order valence-electron chi connectivity index (χ1n) is 8.47. The summed E-state index contributed by atoms with van der Waals surface area (Å²) in [6.07, 6.45) is 3.73. The van der Waals surface area contributed by atoms with Gasteiger partial charge in [-0.1, -0.05) is 25.5 Å². The number of hydrazone groups is 1. The smallest absolute Gasteiger partial charge is 0.277 e. The predicted molar refractivity (Wildman–Crippen MR) is 99.3 cm³/mol. The Hall–Kier alpha value is -2.82. The van der Waals surface area contributed by atoms with Crippen LogP contribution in [0.15, 0.2) is 53.6 Å². The number of nitrogens with one attached hydrogen (secondary N) is 1. The lowest BCUT2D eigenvalue weighted by Gasteiger charge is -2.06. The van der Waals surface area contributed by atoms with Crippen molar-refractivity contribution in [3.63, 3.8) is 0 Å². The molecule has 2 aromatic rings. The SMILES string of the molecule is CCCc1ccc(OCC(=O)N/N=C\c2ccc(OCC)cc2)cc1. The first-order chi connectivity index (χ1) is 12.2. The number of amides is 1. The molecule has 5 heteroatoms. The van der Waals surface area contributed by atoms with E-state index in [1.54, 1.807) is 6.21 Å². The number of hydrogen-bond acceptors (Lipinski definition) is 4. The Morgan fingerprint density at radius 1 is 1.00 bits per heavy atom. The van der Waals surface area contributed by atoms with Crippen LogP contribution in [0.2, 0.25) is 0 Å². The van der Waals surface area contributed by atoms with Gasteiger partial charge in [0.05, 0.1) is 12.8 Å². The van der Waals surface area contributed by atoms with Crippen LogP contribution in [0.3, 0.4) is 0 Å². The van der Waals surface area contributed by atoms with E-state index in [9.17, 15) is 4.79 Å². The molecule has 132 valence electrons. The second-order valence-electron chi connectivity index (χ2n) is 5.48. The fraction of sp³-hybridized carbons (Fsp3) is 0.300. The zero-order valence-electron chi connectivity index (χ0n) is 14.7. The largest absolute Gasteiger partial charge is 0.494 e. The Balaban J connectivity index is 1.74. The topological polar surface area (TPSA) is 59.9 Å². The number of hydrogen-bond donors (Lipinski definition) is 1. The summed E-state index contributed by atoms with van der Waals surface area (Å²) in [6.45, 7) is 4.63. The van der Waals surface area contributed by atoms with E-state index < -0.39 is 0 Å². The number of carbonyl (C=O) groups excluding carboxylic acids is 1. The zero-order chi connectivity index (χ0) is 17.9. The Morgan fingerprint density at radius 3 is 2.28 bits per heavy atom. The number of rotatable bonds is 9. The van der Waals surface area contributed by atoms with Crippen molar-refractivity contribution in [2.24, 2.45) is 5.10 Å². The highest BCUT2D eigenvalue weighted by atomic mass is 16.5. The molecule has 1 N–H and O–H groups in total. The minimum atomic E-state index is -0.306. The monoisotopic (exact) mass is 340 g/mol. The molecule has 0 atom stereocenters. The quantitative estimate of drug-likeness (QED) is 0.561. The molecule has 1 amide bonds. The van der Waals surface area contributed by atoms with Gasteiger partial charge in [0, 0.05) is 0 Å². The van der Waals surface area contributed by atoms with E-state index in [1.807, 2.05) is 55.5 Å². The van der Waals surface area contributed by atoms with Crippen LogP contribution in [0.5, 0.6) is 11.5 Å². The van der Waals surface area contributed by atoms with Crippen molar-refractivity contribution in [3.8, 4) is 11.5 Å². The molecule has 0 aliphatic heterocycles. The van der Waals surface area contributed by atoms with Gasteiger partial charge in [-0.2, -0.15) is 5.10 Å². The number of nitrogens with zero attached hydrogens (tertiary/aromatic N) is 1. The second-order valence-corrected chi connectivity index (χ2v) is 5.48. The molecule has 0 bridgehead atoms. The van der Waals surface area contributed by atoms with Gasteiger partial charge in [0.15, 0.2) is 6.61 Å². The Bertz CT molecular complexity index is 679. The molecule has 2 rings (SSSR count). The summed E-state index contributed by atoms with van der Waals surface area (Å²) in [5, 5.41) is 3.92. The third kappa shape index (κ3) is 6.67. The molecule has 25 heavy (non-hydrogen) atoms. The Labute approximate surface area is 148 Å². The van der Waals surface area contributed by atoms with Crippen LogP contribution >= 0.6 is 0 Å². The van der Waals surface area contributed by atoms with Crippen molar-refractivity contribution in [3.05, 3.63) is 59.7 Å². The number of carbonyl (C=O) groups is 1. The Kier molecular flexibility index (Phi) is 7.50. The van der Waals surface area contributed by atoms with Gasteiger partial charge in [0.2, 0.25) is 0 Å². The molecule has 2 aromatic carbocycles. The summed E-state index contributed by atoms with van der Waals surface area (Å²) in [4.78, 5) is 11.7. The van der Waals surface area contributed by atoms with Crippen LogP contribution < -0.4 is 14.9 Å². The third-order valence-electron chi connectivity index (χ3n) is 3.43. The zero-order valence-corrected chi connectivity index (χ0v) is 14.7. The molecular formula is C20H24N2O3. The highest BCUT2D eigenvalue weighted by molar-refractivity contribution is 5.83. The molecule has 0 aliphatic rings. The highest BCUT2D eigenvalue weighted by Gasteiger charge is 2.01. The normalized spacial score (nSPS) is 10.6. The summed E-state index contributed by atoms with van der Waals surface area (Å²) >= 11 is 0. The van der Waals surface area contributed by atoms with Gasteiger partial charge in [-0.25, -0.2) is 5.43 Å². The minimum Gasteiger partial charge on any atom is -0.494 e. The second kappa shape index (κ2) is 10.1. The van der Waals surface area contributed by atoms with Gasteiger partial charge < -0.3 is 9.47 Å². The molecule has 0 fully saturated rings. The van der Waals surface area contributed by atoms with Crippen molar-refractivity contribution in [2.75, 3.05) is 13.2 Å². The summed E-state index contributed by atoms with van der Waals surface area (Å²) in [5.41, 5.74) is 4.58. The molecule has 5 nitrogen and oxygen atoms in total. The molecular weight excluding hydrogens is 316 g/mol. The number of ether oxygens (including phenoxy) is 2. The third-order valence-corrected chi connectivity index (χ3v) is 3.43. The molecule has 0 unspecified atom stereocenters.